The van der Waals surface area contributed by atoms with Crippen molar-refractivity contribution in [3.63, 3.8) is 0 Å². The second-order valence-electron chi connectivity index (χ2n) is 2.61. The van der Waals surface area contributed by atoms with E-state index in [4.69, 9.17) is 5.84 Å². The Hall–Kier alpha value is -0.620. The molecule has 0 saturated carbocycles. The predicted octanol–water partition coefficient (Wildman–Crippen LogP) is -1.59. The Morgan fingerprint density at radius 1 is 1.55 bits per heavy atom. The first-order chi connectivity index (χ1) is 5.05. The third-order valence-corrected chi connectivity index (χ3v) is 3.51. The van der Waals surface area contributed by atoms with E-state index in [0.29, 0.717) is 6.42 Å². The summed E-state index contributed by atoms with van der Waals surface area (Å²) in [6.07, 6.45) is 0.394. The van der Waals surface area contributed by atoms with E-state index in [1.807, 2.05) is 5.43 Å². The summed E-state index contributed by atoms with van der Waals surface area (Å²) in [4.78, 5) is 10.8. The molecule has 1 aliphatic rings. The van der Waals surface area contributed by atoms with Gasteiger partial charge in [-0.2, -0.15) is 0 Å². The van der Waals surface area contributed by atoms with Crippen LogP contribution in [-0.4, -0.2) is 25.8 Å². The highest BCUT2D eigenvalue weighted by atomic mass is 32.2. The quantitative estimate of drug-likeness (QED) is 0.288. The Labute approximate surface area is 64.8 Å². The summed E-state index contributed by atoms with van der Waals surface area (Å²) in [5.41, 5.74) is 1.94. The molecule has 1 saturated heterocycles. The molecule has 1 rings (SSSR count). The number of amides is 1. The summed E-state index contributed by atoms with van der Waals surface area (Å²) in [6.45, 7) is 0. The summed E-state index contributed by atoms with van der Waals surface area (Å²) in [5.74, 6) is 4.07. The molecule has 1 heterocycles. The SMILES string of the molecule is NNC(=O)[C@H]1CCS(=O)(=O)C1. The maximum atomic E-state index is 10.8. The number of carbonyl (C=O) groups excluding carboxylic acids is 1. The molecule has 5 nitrogen and oxygen atoms in total. The average molecular weight is 178 g/mol. The molecular weight excluding hydrogens is 168 g/mol. The summed E-state index contributed by atoms with van der Waals surface area (Å²) in [7, 11) is -2.97. The van der Waals surface area contributed by atoms with Crippen LogP contribution in [0.15, 0.2) is 0 Å². The van der Waals surface area contributed by atoms with Crippen LogP contribution < -0.4 is 11.3 Å². The van der Waals surface area contributed by atoms with Gasteiger partial charge < -0.3 is 0 Å². The van der Waals surface area contributed by atoms with Gasteiger partial charge in [0.1, 0.15) is 0 Å². The molecule has 0 bridgehead atoms. The molecule has 64 valence electrons. The van der Waals surface area contributed by atoms with Crippen LogP contribution >= 0.6 is 0 Å². The van der Waals surface area contributed by atoms with E-state index in [1.54, 1.807) is 0 Å². The Kier molecular flexibility index (Phi) is 2.15. The first kappa shape index (κ1) is 8.48. The van der Waals surface area contributed by atoms with Crippen molar-refractivity contribution in [2.75, 3.05) is 11.5 Å². The average Bonchev–Trinajstić information content (AvgIpc) is 2.29. The van der Waals surface area contributed by atoms with Crippen LogP contribution in [0.3, 0.4) is 0 Å². The number of hydrogen-bond acceptors (Lipinski definition) is 4. The fourth-order valence-electron chi connectivity index (χ4n) is 1.12. The highest BCUT2D eigenvalue weighted by Gasteiger charge is 2.32. The zero-order valence-electron chi connectivity index (χ0n) is 5.91. The third-order valence-electron chi connectivity index (χ3n) is 1.75. The van der Waals surface area contributed by atoms with Crippen LogP contribution in [0.1, 0.15) is 6.42 Å². The zero-order valence-corrected chi connectivity index (χ0v) is 6.73. The molecule has 0 aliphatic carbocycles. The zero-order chi connectivity index (χ0) is 8.48. The van der Waals surface area contributed by atoms with Crippen molar-refractivity contribution < 1.29 is 13.2 Å². The van der Waals surface area contributed by atoms with Crippen molar-refractivity contribution >= 4 is 15.7 Å². The Morgan fingerprint density at radius 2 is 2.18 bits per heavy atom. The Morgan fingerprint density at radius 3 is 2.55 bits per heavy atom. The molecule has 0 spiro atoms. The molecule has 0 aromatic heterocycles. The minimum absolute atomic E-state index is 0.0595. The number of hydrazine groups is 1. The normalized spacial score (nSPS) is 28.3. The first-order valence-corrected chi connectivity index (χ1v) is 5.08. The van der Waals surface area contributed by atoms with E-state index in [1.165, 1.54) is 0 Å². The topological polar surface area (TPSA) is 89.3 Å². The lowest BCUT2D eigenvalue weighted by molar-refractivity contribution is -0.124. The predicted molar refractivity (Wildman–Crippen MR) is 39.1 cm³/mol. The Balaban J connectivity index is 2.62. The lowest BCUT2D eigenvalue weighted by Gasteiger charge is -2.02. The van der Waals surface area contributed by atoms with Gasteiger partial charge >= 0.3 is 0 Å². The molecule has 1 fully saturated rings. The molecule has 0 aromatic carbocycles. The van der Waals surface area contributed by atoms with Crippen LogP contribution in [-0.2, 0) is 14.6 Å². The second kappa shape index (κ2) is 2.78. The van der Waals surface area contributed by atoms with Crippen molar-refractivity contribution in [1.82, 2.24) is 5.43 Å². The van der Waals surface area contributed by atoms with Gasteiger partial charge in [-0.1, -0.05) is 0 Å². The molecule has 3 N–H and O–H groups in total. The number of nitrogens with one attached hydrogen (secondary N) is 1. The fourth-order valence-corrected chi connectivity index (χ4v) is 2.86. The molecule has 1 amide bonds. The van der Waals surface area contributed by atoms with E-state index in [0.717, 1.165) is 0 Å². The van der Waals surface area contributed by atoms with E-state index in [2.05, 4.69) is 0 Å². The van der Waals surface area contributed by atoms with Crippen LogP contribution in [0.5, 0.6) is 0 Å². The van der Waals surface area contributed by atoms with E-state index in [-0.39, 0.29) is 17.4 Å². The molecular formula is C5H10N2O3S. The third kappa shape index (κ3) is 1.90. The van der Waals surface area contributed by atoms with Crippen LogP contribution in [0.25, 0.3) is 0 Å². The molecule has 6 heteroatoms. The summed E-state index contributed by atoms with van der Waals surface area (Å²) >= 11 is 0. The number of sulfone groups is 1. The number of carbonyl (C=O) groups is 1. The van der Waals surface area contributed by atoms with Gasteiger partial charge in [0.05, 0.1) is 17.4 Å². The van der Waals surface area contributed by atoms with E-state index in [9.17, 15) is 13.2 Å². The van der Waals surface area contributed by atoms with E-state index >= 15 is 0 Å². The highest BCUT2D eigenvalue weighted by molar-refractivity contribution is 7.91. The summed E-state index contributed by atoms with van der Waals surface area (Å²) in [6, 6.07) is 0. The van der Waals surface area contributed by atoms with Crippen molar-refractivity contribution in [2.45, 2.75) is 6.42 Å². The maximum Gasteiger partial charge on any atom is 0.238 e. The minimum atomic E-state index is -2.97. The van der Waals surface area contributed by atoms with Gasteiger partial charge in [0, 0.05) is 0 Å². The number of hydrogen-bond donors (Lipinski definition) is 2. The van der Waals surface area contributed by atoms with Gasteiger partial charge in [0.25, 0.3) is 0 Å². The van der Waals surface area contributed by atoms with Crippen LogP contribution in [0, 0.1) is 5.92 Å². The standard InChI is InChI=1S/C5H10N2O3S/c6-7-5(8)4-1-2-11(9,10)3-4/h4H,1-3,6H2,(H,7,8)/t4-/m0/s1. The second-order valence-corrected chi connectivity index (χ2v) is 4.84. The van der Waals surface area contributed by atoms with Gasteiger partial charge in [-0.15, -0.1) is 0 Å². The smallest absolute Gasteiger partial charge is 0.238 e. The largest absolute Gasteiger partial charge is 0.294 e. The lowest BCUT2D eigenvalue weighted by Crippen LogP contribution is -2.36. The van der Waals surface area contributed by atoms with Crippen molar-refractivity contribution in [2.24, 2.45) is 11.8 Å². The van der Waals surface area contributed by atoms with Crippen molar-refractivity contribution in [3.05, 3.63) is 0 Å². The van der Waals surface area contributed by atoms with Crippen molar-refractivity contribution in [1.29, 1.82) is 0 Å². The molecule has 0 radical (unpaired) electrons. The number of rotatable bonds is 1. The van der Waals surface area contributed by atoms with Gasteiger partial charge in [0.2, 0.25) is 5.91 Å². The van der Waals surface area contributed by atoms with E-state index < -0.39 is 15.8 Å². The molecule has 0 aromatic rings. The van der Waals surface area contributed by atoms with Gasteiger partial charge in [-0.25, -0.2) is 14.3 Å². The fraction of sp³-hybridized carbons (Fsp3) is 0.800. The van der Waals surface area contributed by atoms with Gasteiger partial charge in [0.15, 0.2) is 9.84 Å². The molecule has 1 atom stereocenters. The van der Waals surface area contributed by atoms with Gasteiger partial charge in [-0.3, -0.25) is 10.2 Å². The molecule has 11 heavy (non-hydrogen) atoms. The molecule has 0 unspecified atom stereocenters. The van der Waals surface area contributed by atoms with Crippen LogP contribution in [0.4, 0.5) is 0 Å². The first-order valence-electron chi connectivity index (χ1n) is 3.26. The lowest BCUT2D eigenvalue weighted by atomic mass is 10.1. The monoisotopic (exact) mass is 178 g/mol. The summed E-state index contributed by atoms with van der Waals surface area (Å²) in [5, 5.41) is 0. The maximum absolute atomic E-state index is 10.8. The van der Waals surface area contributed by atoms with Gasteiger partial charge in [-0.05, 0) is 6.42 Å². The highest BCUT2D eigenvalue weighted by Crippen LogP contribution is 2.17. The van der Waals surface area contributed by atoms with Crippen molar-refractivity contribution in [3.8, 4) is 0 Å². The molecule has 1 aliphatic heterocycles. The minimum Gasteiger partial charge on any atom is -0.294 e. The summed E-state index contributed by atoms with van der Waals surface area (Å²) < 4.78 is 21.7. The Bertz CT molecular complexity index is 259. The van der Waals surface area contributed by atoms with Crippen LogP contribution in [0.2, 0.25) is 0 Å². The number of nitrogens with two attached hydrogens (primary N) is 1.